The SMILES string of the molecule is COC(=O)c1cccc(C(=O)NCCCO)c1. The first-order valence-corrected chi connectivity index (χ1v) is 5.26. The second kappa shape index (κ2) is 6.65. The van der Waals surface area contributed by atoms with Gasteiger partial charge in [-0.1, -0.05) is 6.07 Å². The Morgan fingerprint density at radius 3 is 2.71 bits per heavy atom. The molecule has 1 amide bonds. The molecule has 0 aliphatic heterocycles. The van der Waals surface area contributed by atoms with Crippen LogP contribution in [0.25, 0.3) is 0 Å². The second-order valence-corrected chi connectivity index (χ2v) is 3.41. The molecule has 5 nitrogen and oxygen atoms in total. The number of methoxy groups -OCH3 is 1. The first-order chi connectivity index (χ1) is 8.19. The van der Waals surface area contributed by atoms with Crippen LogP contribution in [0.5, 0.6) is 0 Å². The molecule has 1 rings (SSSR count). The summed E-state index contributed by atoms with van der Waals surface area (Å²) in [5.41, 5.74) is 0.730. The van der Waals surface area contributed by atoms with Crippen LogP contribution in [0.15, 0.2) is 24.3 Å². The Labute approximate surface area is 99.4 Å². The first kappa shape index (κ1) is 13.2. The van der Waals surface area contributed by atoms with E-state index in [0.29, 0.717) is 24.1 Å². The lowest BCUT2D eigenvalue weighted by atomic mass is 10.1. The Kier molecular flexibility index (Phi) is 5.16. The van der Waals surface area contributed by atoms with Crippen LogP contribution < -0.4 is 5.32 Å². The lowest BCUT2D eigenvalue weighted by molar-refractivity contribution is 0.0600. The molecule has 17 heavy (non-hydrogen) atoms. The minimum atomic E-state index is -0.477. The predicted molar refractivity (Wildman–Crippen MR) is 61.8 cm³/mol. The molecule has 0 atom stereocenters. The van der Waals surface area contributed by atoms with Crippen LogP contribution in [0, 0.1) is 0 Å². The Balaban J connectivity index is 2.70. The van der Waals surface area contributed by atoms with Gasteiger partial charge in [0.05, 0.1) is 12.7 Å². The van der Waals surface area contributed by atoms with Gasteiger partial charge in [-0.05, 0) is 24.6 Å². The number of carbonyl (C=O) groups is 2. The van der Waals surface area contributed by atoms with Crippen molar-refractivity contribution >= 4 is 11.9 Å². The number of benzene rings is 1. The molecule has 0 aliphatic rings. The van der Waals surface area contributed by atoms with Crippen molar-refractivity contribution in [3.05, 3.63) is 35.4 Å². The van der Waals surface area contributed by atoms with E-state index in [0.717, 1.165) is 0 Å². The summed E-state index contributed by atoms with van der Waals surface area (Å²) >= 11 is 0. The minimum Gasteiger partial charge on any atom is -0.465 e. The maximum atomic E-state index is 11.6. The Morgan fingerprint density at radius 2 is 2.06 bits per heavy atom. The predicted octanol–water partition coefficient (Wildman–Crippen LogP) is 0.585. The summed E-state index contributed by atoms with van der Waals surface area (Å²) < 4.78 is 4.57. The third-order valence-electron chi connectivity index (χ3n) is 2.17. The third kappa shape index (κ3) is 3.88. The topological polar surface area (TPSA) is 75.6 Å². The highest BCUT2D eigenvalue weighted by molar-refractivity contribution is 5.97. The molecule has 0 saturated carbocycles. The largest absolute Gasteiger partial charge is 0.465 e. The van der Waals surface area contributed by atoms with E-state index < -0.39 is 5.97 Å². The average Bonchev–Trinajstić information content (AvgIpc) is 2.38. The summed E-state index contributed by atoms with van der Waals surface area (Å²) in [6, 6.07) is 6.28. The maximum absolute atomic E-state index is 11.6. The van der Waals surface area contributed by atoms with Crippen molar-refractivity contribution in [3.63, 3.8) is 0 Å². The van der Waals surface area contributed by atoms with Crippen LogP contribution in [-0.2, 0) is 4.74 Å². The summed E-state index contributed by atoms with van der Waals surface area (Å²) in [6.45, 7) is 0.431. The highest BCUT2D eigenvalue weighted by Gasteiger charge is 2.09. The lowest BCUT2D eigenvalue weighted by Gasteiger charge is -2.05. The van der Waals surface area contributed by atoms with Gasteiger partial charge >= 0.3 is 5.97 Å². The summed E-state index contributed by atoms with van der Waals surface area (Å²) in [7, 11) is 1.29. The number of hydrogen-bond acceptors (Lipinski definition) is 4. The fourth-order valence-corrected chi connectivity index (χ4v) is 1.29. The average molecular weight is 237 g/mol. The van der Waals surface area contributed by atoms with E-state index in [1.165, 1.54) is 13.2 Å². The molecule has 2 N–H and O–H groups in total. The fraction of sp³-hybridized carbons (Fsp3) is 0.333. The quantitative estimate of drug-likeness (QED) is 0.580. The standard InChI is InChI=1S/C12H15NO4/c1-17-12(16)10-5-2-4-9(8-10)11(15)13-6-3-7-14/h2,4-5,8,14H,3,6-7H2,1H3,(H,13,15). The zero-order valence-corrected chi connectivity index (χ0v) is 9.60. The number of amides is 1. The number of esters is 1. The highest BCUT2D eigenvalue weighted by atomic mass is 16.5. The van der Waals surface area contributed by atoms with E-state index in [-0.39, 0.29) is 12.5 Å². The number of aliphatic hydroxyl groups excluding tert-OH is 1. The summed E-state index contributed by atoms with van der Waals surface area (Å²) in [6.07, 6.45) is 0.502. The van der Waals surface area contributed by atoms with Gasteiger partial charge in [-0.25, -0.2) is 4.79 Å². The molecule has 92 valence electrons. The molecule has 0 spiro atoms. The van der Waals surface area contributed by atoms with Crippen LogP contribution >= 0.6 is 0 Å². The van der Waals surface area contributed by atoms with Gasteiger partial charge < -0.3 is 15.2 Å². The minimum absolute atomic E-state index is 0.0302. The number of nitrogens with one attached hydrogen (secondary N) is 1. The molecule has 1 aromatic carbocycles. The molecule has 0 fully saturated rings. The van der Waals surface area contributed by atoms with Crippen molar-refractivity contribution in [2.24, 2.45) is 0 Å². The summed E-state index contributed by atoms with van der Waals surface area (Å²) in [5, 5.41) is 11.2. The lowest BCUT2D eigenvalue weighted by Crippen LogP contribution is -2.25. The number of aliphatic hydroxyl groups is 1. The van der Waals surface area contributed by atoms with Crippen molar-refractivity contribution in [1.82, 2.24) is 5.32 Å². The smallest absolute Gasteiger partial charge is 0.337 e. The van der Waals surface area contributed by atoms with E-state index in [4.69, 9.17) is 5.11 Å². The van der Waals surface area contributed by atoms with E-state index in [1.54, 1.807) is 18.2 Å². The molecule has 0 bridgehead atoms. The molecule has 5 heteroatoms. The van der Waals surface area contributed by atoms with Gasteiger partial charge in [0.2, 0.25) is 0 Å². The van der Waals surface area contributed by atoms with E-state index >= 15 is 0 Å². The first-order valence-electron chi connectivity index (χ1n) is 5.26. The maximum Gasteiger partial charge on any atom is 0.337 e. The number of ether oxygens (including phenoxy) is 1. The summed E-state index contributed by atoms with van der Waals surface area (Å²) in [4.78, 5) is 22.9. The molecule has 0 heterocycles. The van der Waals surface area contributed by atoms with Gasteiger partial charge in [0.15, 0.2) is 0 Å². The van der Waals surface area contributed by atoms with E-state index in [9.17, 15) is 9.59 Å². The monoisotopic (exact) mass is 237 g/mol. The van der Waals surface area contributed by atoms with Gasteiger partial charge in [-0.3, -0.25) is 4.79 Å². The van der Waals surface area contributed by atoms with E-state index in [2.05, 4.69) is 10.1 Å². The molecule has 0 aliphatic carbocycles. The Morgan fingerprint density at radius 1 is 1.35 bits per heavy atom. The number of rotatable bonds is 5. The van der Waals surface area contributed by atoms with Crippen molar-refractivity contribution in [3.8, 4) is 0 Å². The molecule has 1 aromatic rings. The van der Waals surface area contributed by atoms with Gasteiger partial charge in [0.25, 0.3) is 5.91 Å². The van der Waals surface area contributed by atoms with Crippen LogP contribution in [0.3, 0.4) is 0 Å². The van der Waals surface area contributed by atoms with Crippen LogP contribution in [0.4, 0.5) is 0 Å². The zero-order chi connectivity index (χ0) is 12.7. The van der Waals surface area contributed by atoms with Crippen molar-refractivity contribution in [2.75, 3.05) is 20.3 Å². The highest BCUT2D eigenvalue weighted by Crippen LogP contribution is 2.06. The molecule has 0 unspecified atom stereocenters. The van der Waals surface area contributed by atoms with Gasteiger partial charge in [-0.2, -0.15) is 0 Å². The van der Waals surface area contributed by atoms with E-state index in [1.807, 2.05) is 0 Å². The zero-order valence-electron chi connectivity index (χ0n) is 9.60. The van der Waals surface area contributed by atoms with Crippen molar-refractivity contribution in [1.29, 1.82) is 0 Å². The van der Waals surface area contributed by atoms with Gasteiger partial charge in [0.1, 0.15) is 0 Å². The van der Waals surface area contributed by atoms with Gasteiger partial charge in [-0.15, -0.1) is 0 Å². The Bertz CT molecular complexity index is 403. The number of carbonyl (C=O) groups excluding carboxylic acids is 2. The molecule has 0 radical (unpaired) electrons. The van der Waals surface area contributed by atoms with Crippen LogP contribution in [0.1, 0.15) is 27.1 Å². The number of hydrogen-bond donors (Lipinski definition) is 2. The van der Waals surface area contributed by atoms with Gasteiger partial charge in [0, 0.05) is 18.7 Å². The van der Waals surface area contributed by atoms with Crippen molar-refractivity contribution in [2.45, 2.75) is 6.42 Å². The molecule has 0 saturated heterocycles. The molecular weight excluding hydrogens is 222 g/mol. The van der Waals surface area contributed by atoms with Crippen molar-refractivity contribution < 1.29 is 19.4 Å². The second-order valence-electron chi connectivity index (χ2n) is 3.41. The third-order valence-corrected chi connectivity index (χ3v) is 2.17. The van der Waals surface area contributed by atoms with Crippen LogP contribution in [0.2, 0.25) is 0 Å². The summed E-state index contributed by atoms with van der Waals surface area (Å²) in [5.74, 6) is -0.751. The Hall–Kier alpha value is -1.88. The molecular formula is C12H15NO4. The normalized spacial score (nSPS) is 9.76. The molecule has 0 aromatic heterocycles. The van der Waals surface area contributed by atoms with Crippen LogP contribution in [-0.4, -0.2) is 37.2 Å². The fourth-order valence-electron chi connectivity index (χ4n) is 1.29.